The lowest BCUT2D eigenvalue weighted by molar-refractivity contribution is 0.0833. The molecule has 0 radical (unpaired) electrons. The number of hydrazine groups is 1. The molecule has 0 aromatic heterocycles. The van der Waals surface area contributed by atoms with Gasteiger partial charge in [-0.1, -0.05) is 13.0 Å². The first-order valence-electron chi connectivity index (χ1n) is 7.67. The summed E-state index contributed by atoms with van der Waals surface area (Å²) >= 11 is 0. The largest absolute Gasteiger partial charge is 0.296 e. The number of nitrogens with one attached hydrogen (secondary N) is 1. The van der Waals surface area contributed by atoms with Gasteiger partial charge < -0.3 is 0 Å². The van der Waals surface area contributed by atoms with Crippen LogP contribution in [0.2, 0.25) is 0 Å². The fraction of sp³-hybridized carbons (Fsp3) is 0.625. The molecule has 5 heteroatoms. The van der Waals surface area contributed by atoms with E-state index in [1.807, 2.05) is 0 Å². The standard InChI is InChI=1S/C16H25F2N3/c1-3-16(2,21-9-4-5-10-21)15(20-19)11-12-13(17)7-6-8-14(12)18/h6-8,15,20H,3-5,9-11,19H2,1-2H3. The maximum absolute atomic E-state index is 13.9. The van der Waals surface area contributed by atoms with E-state index in [4.69, 9.17) is 5.84 Å². The molecule has 1 aromatic carbocycles. The molecule has 0 spiro atoms. The van der Waals surface area contributed by atoms with Gasteiger partial charge in [-0.25, -0.2) is 8.78 Å². The molecule has 1 aliphatic rings. The molecule has 1 saturated heterocycles. The minimum Gasteiger partial charge on any atom is -0.296 e. The molecule has 2 unspecified atom stereocenters. The summed E-state index contributed by atoms with van der Waals surface area (Å²) in [5, 5.41) is 0. The zero-order valence-electron chi connectivity index (χ0n) is 12.8. The minimum absolute atomic E-state index is 0.110. The van der Waals surface area contributed by atoms with Crippen LogP contribution in [0.5, 0.6) is 0 Å². The van der Waals surface area contributed by atoms with Crippen LogP contribution in [0.3, 0.4) is 0 Å². The van der Waals surface area contributed by atoms with Crippen molar-refractivity contribution in [2.45, 2.75) is 51.1 Å². The molecule has 0 saturated carbocycles. The van der Waals surface area contributed by atoms with E-state index < -0.39 is 11.6 Å². The normalized spacial score (nSPS) is 20.4. The van der Waals surface area contributed by atoms with Crippen LogP contribution in [0.25, 0.3) is 0 Å². The highest BCUT2D eigenvalue weighted by atomic mass is 19.1. The van der Waals surface area contributed by atoms with Crippen LogP contribution in [0.4, 0.5) is 8.78 Å². The van der Waals surface area contributed by atoms with E-state index in [1.54, 1.807) is 0 Å². The summed E-state index contributed by atoms with van der Waals surface area (Å²) in [5.74, 6) is 4.72. The van der Waals surface area contributed by atoms with E-state index in [-0.39, 0.29) is 23.6 Å². The fourth-order valence-corrected chi connectivity index (χ4v) is 3.31. The lowest BCUT2D eigenvalue weighted by Gasteiger charge is -2.44. The van der Waals surface area contributed by atoms with Gasteiger partial charge in [0.05, 0.1) is 0 Å². The van der Waals surface area contributed by atoms with E-state index in [1.165, 1.54) is 31.0 Å². The highest BCUT2D eigenvalue weighted by Gasteiger charge is 2.39. The smallest absolute Gasteiger partial charge is 0.129 e. The van der Waals surface area contributed by atoms with Crippen LogP contribution in [0, 0.1) is 11.6 Å². The fourth-order valence-electron chi connectivity index (χ4n) is 3.31. The number of nitrogens with zero attached hydrogens (tertiary/aromatic N) is 1. The number of halogens is 2. The SMILES string of the molecule is CCC(C)(C(Cc1c(F)cccc1F)NN)N1CCCC1. The monoisotopic (exact) mass is 297 g/mol. The Hall–Kier alpha value is -1.04. The van der Waals surface area contributed by atoms with Crippen molar-refractivity contribution in [3.05, 3.63) is 35.4 Å². The zero-order valence-corrected chi connectivity index (χ0v) is 12.8. The minimum atomic E-state index is -0.505. The number of nitrogens with two attached hydrogens (primary N) is 1. The van der Waals surface area contributed by atoms with Gasteiger partial charge in [-0.15, -0.1) is 0 Å². The average Bonchev–Trinajstić information content (AvgIpc) is 3.01. The Labute approximate surface area is 125 Å². The third-order valence-electron chi connectivity index (χ3n) is 4.97. The summed E-state index contributed by atoms with van der Waals surface area (Å²) in [6, 6.07) is 3.78. The van der Waals surface area contributed by atoms with Gasteiger partial charge >= 0.3 is 0 Å². The Morgan fingerprint density at radius 1 is 1.29 bits per heavy atom. The maximum atomic E-state index is 13.9. The van der Waals surface area contributed by atoms with Crippen molar-refractivity contribution in [3.8, 4) is 0 Å². The first-order chi connectivity index (χ1) is 10.0. The van der Waals surface area contributed by atoms with Gasteiger partial charge in [-0.05, 0) is 57.8 Å². The number of rotatable bonds is 6. The highest BCUT2D eigenvalue weighted by Crippen LogP contribution is 2.30. The first kappa shape index (κ1) is 16.3. The molecule has 0 bridgehead atoms. The van der Waals surface area contributed by atoms with Gasteiger partial charge in [0.1, 0.15) is 11.6 Å². The van der Waals surface area contributed by atoms with E-state index >= 15 is 0 Å². The molecule has 1 heterocycles. The second-order valence-corrected chi connectivity index (χ2v) is 6.03. The predicted molar refractivity (Wildman–Crippen MR) is 80.7 cm³/mol. The zero-order chi connectivity index (χ0) is 15.5. The van der Waals surface area contributed by atoms with Gasteiger partial charge in [0, 0.05) is 17.1 Å². The van der Waals surface area contributed by atoms with Crippen molar-refractivity contribution in [3.63, 3.8) is 0 Å². The van der Waals surface area contributed by atoms with Crippen molar-refractivity contribution >= 4 is 0 Å². The summed E-state index contributed by atoms with van der Waals surface area (Å²) in [7, 11) is 0. The van der Waals surface area contributed by atoms with Crippen LogP contribution in [-0.4, -0.2) is 29.6 Å². The number of hydrogen-bond acceptors (Lipinski definition) is 3. The van der Waals surface area contributed by atoms with Crippen molar-refractivity contribution in [1.29, 1.82) is 0 Å². The van der Waals surface area contributed by atoms with Gasteiger partial charge in [0.25, 0.3) is 0 Å². The summed E-state index contributed by atoms with van der Waals surface area (Å²) in [5.41, 5.74) is 2.70. The molecule has 3 N–H and O–H groups in total. The van der Waals surface area contributed by atoms with Gasteiger partial charge in [0.2, 0.25) is 0 Å². The van der Waals surface area contributed by atoms with Crippen LogP contribution >= 0.6 is 0 Å². The van der Waals surface area contributed by atoms with E-state index in [9.17, 15) is 8.78 Å². The first-order valence-corrected chi connectivity index (χ1v) is 7.67. The van der Waals surface area contributed by atoms with Crippen LogP contribution in [0.15, 0.2) is 18.2 Å². The molecule has 118 valence electrons. The second kappa shape index (κ2) is 6.81. The highest BCUT2D eigenvalue weighted by molar-refractivity contribution is 5.22. The summed E-state index contributed by atoms with van der Waals surface area (Å²) in [6.07, 6.45) is 3.45. The number of hydrogen-bond donors (Lipinski definition) is 2. The molecule has 2 rings (SSSR count). The summed E-state index contributed by atoms with van der Waals surface area (Å²) in [6.45, 7) is 6.26. The third-order valence-corrected chi connectivity index (χ3v) is 4.97. The lowest BCUT2D eigenvalue weighted by atomic mass is 9.84. The Morgan fingerprint density at radius 3 is 2.33 bits per heavy atom. The molecule has 1 aliphatic heterocycles. The molecule has 1 aromatic rings. The quantitative estimate of drug-likeness (QED) is 0.626. The van der Waals surface area contributed by atoms with Gasteiger partial charge in [0.15, 0.2) is 0 Å². The van der Waals surface area contributed by atoms with Gasteiger partial charge in [-0.3, -0.25) is 16.2 Å². The molecule has 2 atom stereocenters. The molecule has 0 amide bonds. The van der Waals surface area contributed by atoms with E-state index in [2.05, 4.69) is 24.2 Å². The van der Waals surface area contributed by atoms with Crippen molar-refractivity contribution in [2.24, 2.45) is 5.84 Å². The topological polar surface area (TPSA) is 41.3 Å². The Morgan fingerprint density at radius 2 is 1.86 bits per heavy atom. The molecule has 3 nitrogen and oxygen atoms in total. The third kappa shape index (κ3) is 3.25. The maximum Gasteiger partial charge on any atom is 0.129 e. The molecule has 1 fully saturated rings. The van der Waals surface area contributed by atoms with Crippen LogP contribution in [-0.2, 0) is 6.42 Å². The molecular formula is C16H25F2N3. The van der Waals surface area contributed by atoms with Crippen LogP contribution in [0.1, 0.15) is 38.7 Å². The van der Waals surface area contributed by atoms with E-state index in [0.29, 0.717) is 0 Å². The molecular weight excluding hydrogens is 272 g/mol. The summed E-state index contributed by atoms with van der Waals surface area (Å²) in [4.78, 5) is 2.39. The average molecular weight is 297 g/mol. The van der Waals surface area contributed by atoms with Crippen molar-refractivity contribution in [2.75, 3.05) is 13.1 Å². The van der Waals surface area contributed by atoms with Crippen LogP contribution < -0.4 is 11.3 Å². The Balaban J connectivity index is 2.25. The molecule has 0 aliphatic carbocycles. The Kier molecular flexibility index (Phi) is 5.30. The lowest BCUT2D eigenvalue weighted by Crippen LogP contribution is -2.61. The van der Waals surface area contributed by atoms with Gasteiger partial charge in [-0.2, -0.15) is 0 Å². The predicted octanol–water partition coefficient (Wildman–Crippen LogP) is 2.60. The second-order valence-electron chi connectivity index (χ2n) is 6.03. The molecule has 21 heavy (non-hydrogen) atoms. The van der Waals surface area contributed by atoms with Crippen molar-refractivity contribution in [1.82, 2.24) is 10.3 Å². The van der Waals surface area contributed by atoms with Crippen molar-refractivity contribution < 1.29 is 8.78 Å². The van der Waals surface area contributed by atoms with E-state index in [0.717, 1.165) is 19.5 Å². The number of likely N-dealkylation sites (tertiary alicyclic amines) is 1. The Bertz CT molecular complexity index is 454. The summed E-state index contributed by atoms with van der Waals surface area (Å²) < 4.78 is 27.8. The number of benzene rings is 1.